The highest BCUT2D eigenvalue weighted by atomic mass is 16.4. The Kier molecular flexibility index (Phi) is 5.71. The Morgan fingerprint density at radius 1 is 1.00 bits per heavy atom. The standard InChI is InChI=1S/C14H18N2O5/c1-3-10(4-2)15-14(21)16-11-6-8(12(17)18)5-9(7-11)13(19)20/h5-7,10H,3-4H2,1-2H3,(H,17,18)(H,19,20)(H2,15,16,21). The summed E-state index contributed by atoms with van der Waals surface area (Å²) in [5.74, 6) is -2.52. The molecule has 0 aromatic heterocycles. The SMILES string of the molecule is CCC(CC)NC(=O)Nc1cc(C(=O)O)cc(C(=O)O)c1. The summed E-state index contributed by atoms with van der Waals surface area (Å²) in [4.78, 5) is 33.7. The first-order valence-corrected chi connectivity index (χ1v) is 6.56. The highest BCUT2D eigenvalue weighted by Crippen LogP contribution is 2.15. The van der Waals surface area contributed by atoms with E-state index in [-0.39, 0.29) is 22.9 Å². The zero-order chi connectivity index (χ0) is 16.0. The Labute approximate surface area is 122 Å². The molecule has 0 atom stereocenters. The quantitative estimate of drug-likeness (QED) is 0.643. The summed E-state index contributed by atoms with van der Waals surface area (Å²) in [6, 6.07) is 2.96. The minimum atomic E-state index is -1.26. The normalized spacial score (nSPS) is 10.2. The zero-order valence-electron chi connectivity index (χ0n) is 11.8. The second-order valence-electron chi connectivity index (χ2n) is 4.52. The van der Waals surface area contributed by atoms with E-state index in [9.17, 15) is 14.4 Å². The Hall–Kier alpha value is -2.57. The topological polar surface area (TPSA) is 116 Å². The molecule has 1 aromatic carbocycles. The molecule has 2 amide bonds. The van der Waals surface area contributed by atoms with Gasteiger partial charge in [-0.05, 0) is 31.0 Å². The van der Waals surface area contributed by atoms with Gasteiger partial charge in [-0.15, -0.1) is 0 Å². The lowest BCUT2D eigenvalue weighted by Crippen LogP contribution is -2.37. The van der Waals surface area contributed by atoms with Crippen molar-refractivity contribution in [2.75, 3.05) is 5.32 Å². The maximum atomic E-state index is 11.8. The molecule has 1 rings (SSSR count). The van der Waals surface area contributed by atoms with Crippen LogP contribution in [-0.4, -0.2) is 34.2 Å². The van der Waals surface area contributed by atoms with Gasteiger partial charge in [0.15, 0.2) is 0 Å². The van der Waals surface area contributed by atoms with Crippen molar-refractivity contribution >= 4 is 23.7 Å². The summed E-state index contributed by atoms with van der Waals surface area (Å²) in [6.07, 6.45) is 1.53. The van der Waals surface area contributed by atoms with Gasteiger partial charge in [0.2, 0.25) is 0 Å². The van der Waals surface area contributed by atoms with E-state index in [2.05, 4.69) is 10.6 Å². The largest absolute Gasteiger partial charge is 0.478 e. The Morgan fingerprint density at radius 2 is 1.48 bits per heavy atom. The van der Waals surface area contributed by atoms with Gasteiger partial charge in [-0.3, -0.25) is 0 Å². The van der Waals surface area contributed by atoms with Crippen molar-refractivity contribution in [3.63, 3.8) is 0 Å². The number of carboxylic acid groups (broad SMARTS) is 2. The molecule has 0 aliphatic heterocycles. The van der Waals surface area contributed by atoms with Crippen molar-refractivity contribution < 1.29 is 24.6 Å². The summed E-state index contributed by atoms with van der Waals surface area (Å²) in [7, 11) is 0. The summed E-state index contributed by atoms with van der Waals surface area (Å²) in [5.41, 5.74) is -0.281. The van der Waals surface area contributed by atoms with Gasteiger partial charge in [0.25, 0.3) is 0 Å². The lowest BCUT2D eigenvalue weighted by atomic mass is 10.1. The molecule has 114 valence electrons. The van der Waals surface area contributed by atoms with E-state index in [0.717, 1.165) is 18.9 Å². The molecule has 21 heavy (non-hydrogen) atoms. The van der Waals surface area contributed by atoms with E-state index in [1.165, 1.54) is 12.1 Å². The van der Waals surface area contributed by atoms with E-state index in [0.29, 0.717) is 0 Å². The Bertz CT molecular complexity index is 520. The van der Waals surface area contributed by atoms with Crippen LogP contribution < -0.4 is 10.6 Å². The molecular formula is C14H18N2O5. The van der Waals surface area contributed by atoms with Crippen LogP contribution in [0.3, 0.4) is 0 Å². The number of rotatable bonds is 6. The Balaban J connectivity index is 2.94. The van der Waals surface area contributed by atoms with Crippen LogP contribution in [0, 0.1) is 0 Å². The number of carboxylic acids is 2. The molecule has 0 heterocycles. The van der Waals surface area contributed by atoms with Crippen molar-refractivity contribution in [1.82, 2.24) is 5.32 Å². The number of anilines is 1. The second kappa shape index (κ2) is 7.28. The first-order valence-electron chi connectivity index (χ1n) is 6.56. The fraction of sp³-hybridized carbons (Fsp3) is 0.357. The van der Waals surface area contributed by atoms with Crippen molar-refractivity contribution in [2.24, 2.45) is 0 Å². The minimum Gasteiger partial charge on any atom is -0.478 e. The van der Waals surface area contributed by atoms with Crippen LogP contribution in [0.5, 0.6) is 0 Å². The van der Waals surface area contributed by atoms with Gasteiger partial charge in [-0.25, -0.2) is 14.4 Å². The highest BCUT2D eigenvalue weighted by molar-refractivity contribution is 5.98. The molecule has 7 heteroatoms. The maximum Gasteiger partial charge on any atom is 0.335 e. The van der Waals surface area contributed by atoms with Crippen LogP contribution in [0.25, 0.3) is 0 Å². The number of hydrogen-bond acceptors (Lipinski definition) is 3. The monoisotopic (exact) mass is 294 g/mol. The van der Waals surface area contributed by atoms with Crippen molar-refractivity contribution in [2.45, 2.75) is 32.7 Å². The average Bonchev–Trinajstić information content (AvgIpc) is 2.44. The predicted molar refractivity (Wildman–Crippen MR) is 76.9 cm³/mol. The number of benzene rings is 1. The van der Waals surface area contributed by atoms with Gasteiger partial charge in [-0.2, -0.15) is 0 Å². The minimum absolute atomic E-state index is 0.00611. The van der Waals surface area contributed by atoms with Crippen LogP contribution in [0.15, 0.2) is 18.2 Å². The van der Waals surface area contributed by atoms with Gasteiger partial charge in [0, 0.05) is 11.7 Å². The summed E-state index contributed by atoms with van der Waals surface area (Å²) in [6.45, 7) is 3.87. The molecule has 1 aromatic rings. The predicted octanol–water partition coefficient (Wildman–Crippen LogP) is 2.39. The highest BCUT2D eigenvalue weighted by Gasteiger charge is 2.14. The molecule has 0 aliphatic carbocycles. The van der Waals surface area contributed by atoms with Crippen LogP contribution in [0.2, 0.25) is 0 Å². The second-order valence-corrected chi connectivity index (χ2v) is 4.52. The lowest BCUT2D eigenvalue weighted by Gasteiger charge is -2.15. The van der Waals surface area contributed by atoms with Crippen LogP contribution in [-0.2, 0) is 0 Å². The first-order chi connectivity index (χ1) is 9.87. The molecular weight excluding hydrogens is 276 g/mol. The van der Waals surface area contributed by atoms with E-state index >= 15 is 0 Å². The molecule has 7 nitrogen and oxygen atoms in total. The smallest absolute Gasteiger partial charge is 0.335 e. The number of amides is 2. The van der Waals surface area contributed by atoms with Crippen molar-refractivity contribution in [1.29, 1.82) is 0 Å². The van der Waals surface area contributed by atoms with E-state index in [4.69, 9.17) is 10.2 Å². The molecule has 0 bridgehead atoms. The van der Waals surface area contributed by atoms with Gasteiger partial charge >= 0.3 is 18.0 Å². The van der Waals surface area contributed by atoms with Crippen LogP contribution in [0.4, 0.5) is 10.5 Å². The van der Waals surface area contributed by atoms with Crippen molar-refractivity contribution in [3.8, 4) is 0 Å². The number of aromatic carboxylic acids is 2. The van der Waals surface area contributed by atoms with E-state index in [1.807, 2.05) is 13.8 Å². The molecule has 0 unspecified atom stereocenters. The molecule has 0 aliphatic rings. The van der Waals surface area contributed by atoms with Gasteiger partial charge in [0.1, 0.15) is 0 Å². The van der Waals surface area contributed by atoms with E-state index in [1.54, 1.807) is 0 Å². The fourth-order valence-corrected chi connectivity index (χ4v) is 1.79. The molecule has 0 radical (unpaired) electrons. The lowest BCUT2D eigenvalue weighted by molar-refractivity contribution is 0.0696. The molecule has 0 saturated heterocycles. The molecule has 0 saturated carbocycles. The van der Waals surface area contributed by atoms with Gasteiger partial charge in [-0.1, -0.05) is 13.8 Å². The van der Waals surface area contributed by atoms with Crippen LogP contribution >= 0.6 is 0 Å². The molecule has 0 spiro atoms. The number of urea groups is 1. The van der Waals surface area contributed by atoms with Gasteiger partial charge < -0.3 is 20.8 Å². The third-order valence-electron chi connectivity index (χ3n) is 3.01. The average molecular weight is 294 g/mol. The molecule has 4 N–H and O–H groups in total. The number of carbonyl (C=O) groups is 3. The first kappa shape index (κ1) is 16.5. The number of hydrogen-bond donors (Lipinski definition) is 4. The van der Waals surface area contributed by atoms with Crippen LogP contribution in [0.1, 0.15) is 47.4 Å². The van der Waals surface area contributed by atoms with E-state index < -0.39 is 18.0 Å². The molecule has 0 fully saturated rings. The zero-order valence-corrected chi connectivity index (χ0v) is 11.8. The number of carbonyl (C=O) groups excluding carboxylic acids is 1. The maximum absolute atomic E-state index is 11.8. The number of nitrogens with one attached hydrogen (secondary N) is 2. The van der Waals surface area contributed by atoms with Gasteiger partial charge in [0.05, 0.1) is 11.1 Å². The Morgan fingerprint density at radius 3 is 1.86 bits per heavy atom. The summed E-state index contributed by atoms with van der Waals surface area (Å²) >= 11 is 0. The third-order valence-corrected chi connectivity index (χ3v) is 3.01. The van der Waals surface area contributed by atoms with Crippen molar-refractivity contribution in [3.05, 3.63) is 29.3 Å². The fourth-order valence-electron chi connectivity index (χ4n) is 1.79. The summed E-state index contributed by atoms with van der Waals surface area (Å²) < 4.78 is 0. The third kappa shape index (κ3) is 4.79. The summed E-state index contributed by atoms with van der Waals surface area (Å²) in [5, 5.41) is 23.1.